The van der Waals surface area contributed by atoms with Crippen LogP contribution in [0.5, 0.6) is 5.75 Å². The van der Waals surface area contributed by atoms with Crippen LogP contribution in [0.25, 0.3) is 11.1 Å². The maximum atomic E-state index is 9.91. The van der Waals surface area contributed by atoms with Crippen molar-refractivity contribution in [3.63, 3.8) is 0 Å². The third-order valence-corrected chi connectivity index (χ3v) is 5.10. The quantitative estimate of drug-likeness (QED) is 0.846. The van der Waals surface area contributed by atoms with Gasteiger partial charge < -0.3 is 10.2 Å². The maximum Gasteiger partial charge on any atom is 0.116 e. The number of rotatable bonds is 4. The molecule has 2 N–H and O–H groups in total. The first-order valence-corrected chi connectivity index (χ1v) is 8.37. The van der Waals surface area contributed by atoms with Gasteiger partial charge >= 0.3 is 0 Å². The second-order valence-corrected chi connectivity index (χ2v) is 6.61. The van der Waals surface area contributed by atoms with Crippen LogP contribution >= 0.6 is 0 Å². The molecule has 22 heavy (non-hydrogen) atoms. The van der Waals surface area contributed by atoms with Crippen LogP contribution in [0.1, 0.15) is 40.7 Å². The second-order valence-electron chi connectivity index (χ2n) is 6.61. The van der Waals surface area contributed by atoms with Gasteiger partial charge in [-0.05, 0) is 96.0 Å². The van der Waals surface area contributed by atoms with E-state index in [2.05, 4.69) is 12.1 Å². The molecule has 4 rings (SSSR count). The highest BCUT2D eigenvalue weighted by Crippen LogP contribution is 2.44. The summed E-state index contributed by atoms with van der Waals surface area (Å²) in [6, 6.07) is 8.65. The molecule has 0 saturated heterocycles. The zero-order valence-corrected chi connectivity index (χ0v) is 12.9. The SMILES string of the molecule is OCCCCc1cc2c3c(c1)CCc1cc(O)cc(c1-3)CC2. The van der Waals surface area contributed by atoms with Gasteiger partial charge in [-0.25, -0.2) is 0 Å². The number of hydrogen-bond acceptors (Lipinski definition) is 2. The summed E-state index contributed by atoms with van der Waals surface area (Å²) in [5, 5.41) is 18.9. The zero-order valence-electron chi connectivity index (χ0n) is 12.9. The summed E-state index contributed by atoms with van der Waals surface area (Å²) in [6.07, 6.45) is 7.23. The van der Waals surface area contributed by atoms with E-state index in [9.17, 15) is 5.11 Å². The molecule has 2 aromatic carbocycles. The molecule has 2 aliphatic carbocycles. The fourth-order valence-corrected chi connectivity index (χ4v) is 4.14. The predicted molar refractivity (Wildman–Crippen MR) is 88.4 cm³/mol. The molecule has 2 aliphatic rings. The van der Waals surface area contributed by atoms with Crippen molar-refractivity contribution in [2.24, 2.45) is 0 Å². The molecule has 0 unspecified atom stereocenters. The largest absolute Gasteiger partial charge is 0.508 e. The van der Waals surface area contributed by atoms with Gasteiger partial charge in [-0.15, -0.1) is 0 Å². The van der Waals surface area contributed by atoms with E-state index in [0.717, 1.165) is 44.9 Å². The molecule has 0 atom stereocenters. The molecule has 0 fully saturated rings. The highest BCUT2D eigenvalue weighted by molar-refractivity contribution is 5.81. The van der Waals surface area contributed by atoms with Crippen LogP contribution in [0.4, 0.5) is 0 Å². The van der Waals surface area contributed by atoms with E-state index in [4.69, 9.17) is 5.11 Å². The molecule has 0 spiro atoms. The maximum absolute atomic E-state index is 9.91. The van der Waals surface area contributed by atoms with E-state index in [0.29, 0.717) is 5.75 Å². The molecule has 2 nitrogen and oxygen atoms in total. The van der Waals surface area contributed by atoms with Crippen molar-refractivity contribution in [1.29, 1.82) is 0 Å². The summed E-state index contributed by atoms with van der Waals surface area (Å²) in [6.45, 7) is 0.290. The molecular weight excluding hydrogens is 272 g/mol. The van der Waals surface area contributed by atoms with E-state index < -0.39 is 0 Å². The summed E-state index contributed by atoms with van der Waals surface area (Å²) < 4.78 is 0. The van der Waals surface area contributed by atoms with Crippen molar-refractivity contribution in [3.05, 3.63) is 52.1 Å². The average Bonchev–Trinajstić information content (AvgIpc) is 2.52. The normalized spacial score (nSPS) is 14.8. The number of hydrogen-bond donors (Lipinski definition) is 2. The number of aromatic hydroxyl groups is 1. The van der Waals surface area contributed by atoms with E-state index >= 15 is 0 Å². The molecular formula is C20H22O2. The molecule has 0 aliphatic heterocycles. The first-order valence-electron chi connectivity index (χ1n) is 8.37. The number of phenols is 1. The predicted octanol–water partition coefficient (Wildman–Crippen LogP) is 3.57. The minimum Gasteiger partial charge on any atom is -0.508 e. The fourth-order valence-electron chi connectivity index (χ4n) is 4.14. The van der Waals surface area contributed by atoms with Crippen LogP contribution in [0.3, 0.4) is 0 Å². The van der Waals surface area contributed by atoms with Crippen molar-refractivity contribution in [1.82, 2.24) is 0 Å². The Morgan fingerprint density at radius 1 is 0.727 bits per heavy atom. The van der Waals surface area contributed by atoms with Crippen LogP contribution in [-0.2, 0) is 32.1 Å². The number of aliphatic hydroxyl groups is 1. The van der Waals surface area contributed by atoms with Crippen LogP contribution < -0.4 is 0 Å². The Kier molecular flexibility index (Phi) is 3.42. The minimum absolute atomic E-state index is 0.290. The Labute approximate surface area is 131 Å². The van der Waals surface area contributed by atoms with Crippen molar-refractivity contribution < 1.29 is 10.2 Å². The Bertz CT molecular complexity index is 680. The number of aliphatic hydroxyl groups excluding tert-OH is 1. The zero-order chi connectivity index (χ0) is 15.1. The van der Waals surface area contributed by atoms with Crippen molar-refractivity contribution in [3.8, 4) is 16.9 Å². The van der Waals surface area contributed by atoms with E-state index in [1.165, 1.54) is 38.9 Å². The molecule has 0 radical (unpaired) electrons. The first-order chi connectivity index (χ1) is 10.8. The molecule has 114 valence electrons. The average molecular weight is 294 g/mol. The van der Waals surface area contributed by atoms with E-state index in [1.807, 2.05) is 12.1 Å². The minimum atomic E-state index is 0.290. The van der Waals surface area contributed by atoms with Crippen molar-refractivity contribution in [2.45, 2.75) is 44.9 Å². The smallest absolute Gasteiger partial charge is 0.116 e. The topological polar surface area (TPSA) is 40.5 Å². The number of unbranched alkanes of at least 4 members (excludes halogenated alkanes) is 1. The van der Waals surface area contributed by atoms with Crippen LogP contribution in [0.2, 0.25) is 0 Å². The highest BCUT2D eigenvalue weighted by Gasteiger charge is 2.26. The lowest BCUT2D eigenvalue weighted by atomic mass is 9.74. The molecule has 0 bridgehead atoms. The third-order valence-electron chi connectivity index (χ3n) is 5.10. The van der Waals surface area contributed by atoms with Crippen molar-refractivity contribution >= 4 is 0 Å². The lowest BCUT2D eigenvalue weighted by Gasteiger charge is -2.30. The summed E-state index contributed by atoms with van der Waals surface area (Å²) in [5.41, 5.74) is 9.88. The van der Waals surface area contributed by atoms with Gasteiger partial charge in [0.2, 0.25) is 0 Å². The Morgan fingerprint density at radius 2 is 1.23 bits per heavy atom. The summed E-state index contributed by atoms with van der Waals surface area (Å²) in [4.78, 5) is 0. The second kappa shape index (κ2) is 5.44. The van der Waals surface area contributed by atoms with Gasteiger partial charge in [0.25, 0.3) is 0 Å². The number of benzene rings is 2. The van der Waals surface area contributed by atoms with Gasteiger partial charge in [0.15, 0.2) is 0 Å². The molecule has 2 heteroatoms. The number of phenolic OH excluding ortho intramolecular Hbond substituents is 1. The Morgan fingerprint density at radius 3 is 1.73 bits per heavy atom. The molecule has 0 amide bonds. The van der Waals surface area contributed by atoms with Gasteiger partial charge in [0.1, 0.15) is 5.75 Å². The van der Waals surface area contributed by atoms with Gasteiger partial charge in [-0.2, -0.15) is 0 Å². The molecule has 0 saturated carbocycles. The summed E-state index contributed by atoms with van der Waals surface area (Å²) in [7, 11) is 0. The van der Waals surface area contributed by atoms with Crippen LogP contribution in [0, 0.1) is 0 Å². The Hall–Kier alpha value is -1.80. The first kappa shape index (κ1) is 13.8. The lowest BCUT2D eigenvalue weighted by Crippen LogP contribution is -2.14. The van der Waals surface area contributed by atoms with E-state index in [1.54, 1.807) is 0 Å². The summed E-state index contributed by atoms with van der Waals surface area (Å²) >= 11 is 0. The monoisotopic (exact) mass is 294 g/mol. The lowest BCUT2D eigenvalue weighted by molar-refractivity contribution is 0.284. The summed E-state index contributed by atoms with van der Waals surface area (Å²) in [5.74, 6) is 0.418. The van der Waals surface area contributed by atoms with Gasteiger partial charge in [-0.1, -0.05) is 12.1 Å². The third kappa shape index (κ3) is 2.22. The standard InChI is InChI=1S/C20H22O2/c21-8-2-1-3-13-9-14-4-6-16-11-18(22)12-17-7-5-15(10-13)19(14)20(16)17/h9-12,21-22H,1-8H2. The van der Waals surface area contributed by atoms with Crippen LogP contribution in [0.15, 0.2) is 24.3 Å². The number of aryl methyl sites for hydroxylation is 5. The highest BCUT2D eigenvalue weighted by atomic mass is 16.3. The molecule has 0 aromatic heterocycles. The van der Waals surface area contributed by atoms with E-state index in [-0.39, 0.29) is 6.61 Å². The van der Waals surface area contributed by atoms with Gasteiger partial charge in [0.05, 0.1) is 0 Å². The fraction of sp³-hybridized carbons (Fsp3) is 0.400. The van der Waals surface area contributed by atoms with Crippen LogP contribution in [-0.4, -0.2) is 16.8 Å². The molecule has 2 aromatic rings. The molecule has 0 heterocycles. The Balaban J connectivity index is 1.79. The van der Waals surface area contributed by atoms with Gasteiger partial charge in [-0.3, -0.25) is 0 Å². The van der Waals surface area contributed by atoms with Crippen molar-refractivity contribution in [2.75, 3.05) is 6.61 Å². The van der Waals surface area contributed by atoms with Gasteiger partial charge in [0, 0.05) is 6.61 Å².